The summed E-state index contributed by atoms with van der Waals surface area (Å²) in [4.78, 5) is 4.47. The second-order valence-electron chi connectivity index (χ2n) is 5.36. The molecule has 0 aliphatic heterocycles. The lowest BCUT2D eigenvalue weighted by Crippen LogP contribution is -2.35. The topological polar surface area (TPSA) is 24.9 Å². The average molecular weight is 297 g/mol. The molecule has 0 spiro atoms. The van der Waals surface area contributed by atoms with E-state index in [0.29, 0.717) is 6.04 Å². The van der Waals surface area contributed by atoms with Crippen molar-refractivity contribution in [1.82, 2.24) is 4.98 Å². The molecule has 1 saturated carbocycles. The molecule has 2 nitrogen and oxygen atoms in total. The van der Waals surface area contributed by atoms with Gasteiger partial charge in [0.2, 0.25) is 0 Å². The van der Waals surface area contributed by atoms with Crippen molar-refractivity contribution in [2.45, 2.75) is 46.1 Å². The molecule has 1 aliphatic rings. The van der Waals surface area contributed by atoms with Gasteiger partial charge in [0.25, 0.3) is 0 Å². The van der Waals surface area contributed by atoms with E-state index in [1.807, 2.05) is 6.20 Å². The molecule has 3 atom stereocenters. The van der Waals surface area contributed by atoms with Gasteiger partial charge in [0.1, 0.15) is 5.82 Å². The van der Waals surface area contributed by atoms with Gasteiger partial charge in [0.15, 0.2) is 0 Å². The molecule has 1 fully saturated rings. The van der Waals surface area contributed by atoms with Gasteiger partial charge in [-0.15, -0.1) is 0 Å². The highest BCUT2D eigenvalue weighted by Crippen LogP contribution is 2.32. The van der Waals surface area contributed by atoms with E-state index in [4.69, 9.17) is 0 Å². The Hall–Kier alpha value is -0.570. The van der Waals surface area contributed by atoms with Crippen LogP contribution in [0.2, 0.25) is 0 Å². The number of hydrogen-bond acceptors (Lipinski definition) is 2. The lowest BCUT2D eigenvalue weighted by Gasteiger charge is -2.35. The maximum Gasteiger partial charge on any atom is 0.140 e. The Bertz CT molecular complexity index is 392. The molecule has 0 amide bonds. The van der Waals surface area contributed by atoms with Gasteiger partial charge in [-0.2, -0.15) is 0 Å². The number of rotatable bonds is 2. The number of aryl methyl sites for hydroxylation is 1. The number of pyridine rings is 1. The van der Waals surface area contributed by atoms with Crippen LogP contribution in [0, 0.1) is 18.8 Å². The summed E-state index contributed by atoms with van der Waals surface area (Å²) in [7, 11) is 0. The first-order valence-corrected chi connectivity index (χ1v) is 7.26. The Labute approximate surface area is 112 Å². The molecular weight excluding hydrogens is 276 g/mol. The number of halogens is 1. The third-order valence-electron chi connectivity index (χ3n) is 4.01. The van der Waals surface area contributed by atoms with Crippen LogP contribution in [0.1, 0.15) is 38.7 Å². The van der Waals surface area contributed by atoms with Crippen LogP contribution in [0.25, 0.3) is 0 Å². The van der Waals surface area contributed by atoms with Crippen LogP contribution < -0.4 is 5.32 Å². The molecule has 0 bridgehead atoms. The predicted octanol–water partition coefficient (Wildman–Crippen LogP) is 4.39. The smallest absolute Gasteiger partial charge is 0.140 e. The molecule has 0 radical (unpaired) electrons. The molecule has 94 valence electrons. The molecule has 1 aromatic rings. The summed E-state index contributed by atoms with van der Waals surface area (Å²) in [6.45, 7) is 6.77. The molecular formula is C14H21BrN2. The standard InChI is InChI=1S/C14H21BrN2/c1-9-7-12(15)14(16-8-9)17-13-6-4-5-10(2)11(13)3/h7-8,10-11,13H,4-6H2,1-3H3,(H,16,17). The fourth-order valence-corrected chi connectivity index (χ4v) is 3.18. The van der Waals surface area contributed by atoms with Crippen LogP contribution in [0.15, 0.2) is 16.7 Å². The van der Waals surface area contributed by atoms with Crippen molar-refractivity contribution in [2.24, 2.45) is 11.8 Å². The number of nitrogens with one attached hydrogen (secondary N) is 1. The molecule has 1 aliphatic carbocycles. The van der Waals surface area contributed by atoms with E-state index in [1.165, 1.54) is 24.8 Å². The van der Waals surface area contributed by atoms with Gasteiger partial charge in [-0.25, -0.2) is 4.98 Å². The number of nitrogens with zero attached hydrogens (tertiary/aromatic N) is 1. The third kappa shape index (κ3) is 3.01. The fraction of sp³-hybridized carbons (Fsp3) is 0.643. The average Bonchev–Trinajstić information content (AvgIpc) is 2.28. The maximum atomic E-state index is 4.47. The summed E-state index contributed by atoms with van der Waals surface area (Å²) in [6, 6.07) is 2.68. The molecule has 1 heterocycles. The minimum atomic E-state index is 0.560. The monoisotopic (exact) mass is 296 g/mol. The van der Waals surface area contributed by atoms with Gasteiger partial charge in [-0.1, -0.05) is 26.7 Å². The Morgan fingerprint density at radius 2 is 2.12 bits per heavy atom. The molecule has 17 heavy (non-hydrogen) atoms. The van der Waals surface area contributed by atoms with E-state index in [0.717, 1.165) is 22.1 Å². The lowest BCUT2D eigenvalue weighted by atomic mass is 9.78. The quantitative estimate of drug-likeness (QED) is 0.875. The molecule has 0 saturated heterocycles. The second-order valence-corrected chi connectivity index (χ2v) is 6.22. The van der Waals surface area contributed by atoms with Gasteiger partial charge in [0.05, 0.1) is 4.47 Å². The molecule has 0 aromatic carbocycles. The minimum Gasteiger partial charge on any atom is -0.366 e. The van der Waals surface area contributed by atoms with Crippen molar-refractivity contribution in [3.8, 4) is 0 Å². The van der Waals surface area contributed by atoms with Crippen molar-refractivity contribution >= 4 is 21.7 Å². The zero-order valence-corrected chi connectivity index (χ0v) is 12.4. The van der Waals surface area contributed by atoms with Crippen LogP contribution >= 0.6 is 15.9 Å². The zero-order chi connectivity index (χ0) is 12.4. The largest absolute Gasteiger partial charge is 0.366 e. The maximum absolute atomic E-state index is 4.47. The summed E-state index contributed by atoms with van der Waals surface area (Å²) in [5, 5.41) is 3.60. The molecule has 3 unspecified atom stereocenters. The van der Waals surface area contributed by atoms with Crippen molar-refractivity contribution in [1.29, 1.82) is 0 Å². The highest BCUT2D eigenvalue weighted by Gasteiger charge is 2.27. The van der Waals surface area contributed by atoms with Crippen LogP contribution in [-0.4, -0.2) is 11.0 Å². The SMILES string of the molecule is Cc1cnc(NC2CCCC(C)C2C)c(Br)c1. The van der Waals surface area contributed by atoms with Gasteiger partial charge >= 0.3 is 0 Å². The van der Waals surface area contributed by atoms with Crippen molar-refractivity contribution in [3.63, 3.8) is 0 Å². The number of aromatic nitrogens is 1. The van der Waals surface area contributed by atoms with Gasteiger partial charge in [-0.3, -0.25) is 0 Å². The molecule has 2 rings (SSSR count). The van der Waals surface area contributed by atoms with E-state index in [2.05, 4.69) is 53.1 Å². The Morgan fingerprint density at radius 3 is 2.82 bits per heavy atom. The van der Waals surface area contributed by atoms with Crippen LogP contribution in [0.5, 0.6) is 0 Å². The van der Waals surface area contributed by atoms with Crippen LogP contribution in [0.3, 0.4) is 0 Å². The van der Waals surface area contributed by atoms with Gasteiger partial charge in [0, 0.05) is 12.2 Å². The fourth-order valence-electron chi connectivity index (χ4n) is 2.60. The molecule has 1 N–H and O–H groups in total. The normalized spacial score (nSPS) is 29.1. The highest BCUT2D eigenvalue weighted by atomic mass is 79.9. The van der Waals surface area contributed by atoms with Gasteiger partial charge < -0.3 is 5.32 Å². The van der Waals surface area contributed by atoms with E-state index < -0.39 is 0 Å². The summed E-state index contributed by atoms with van der Waals surface area (Å²) < 4.78 is 1.07. The predicted molar refractivity (Wildman–Crippen MR) is 76.3 cm³/mol. The van der Waals surface area contributed by atoms with Crippen molar-refractivity contribution in [2.75, 3.05) is 5.32 Å². The van der Waals surface area contributed by atoms with Crippen LogP contribution in [0.4, 0.5) is 5.82 Å². The van der Waals surface area contributed by atoms with Crippen molar-refractivity contribution < 1.29 is 0 Å². The minimum absolute atomic E-state index is 0.560. The van der Waals surface area contributed by atoms with E-state index in [1.54, 1.807) is 0 Å². The Balaban J connectivity index is 2.09. The van der Waals surface area contributed by atoms with E-state index in [-0.39, 0.29) is 0 Å². The first-order valence-electron chi connectivity index (χ1n) is 6.46. The summed E-state index contributed by atoms with van der Waals surface area (Å²) in [6.07, 6.45) is 5.87. The highest BCUT2D eigenvalue weighted by molar-refractivity contribution is 9.10. The Kier molecular flexibility index (Phi) is 4.08. The molecule has 1 aromatic heterocycles. The van der Waals surface area contributed by atoms with E-state index >= 15 is 0 Å². The van der Waals surface area contributed by atoms with Crippen LogP contribution in [-0.2, 0) is 0 Å². The number of hydrogen-bond donors (Lipinski definition) is 1. The van der Waals surface area contributed by atoms with E-state index in [9.17, 15) is 0 Å². The first kappa shape index (κ1) is 12.9. The summed E-state index contributed by atoms with van der Waals surface area (Å²) in [5.74, 6) is 2.52. The zero-order valence-electron chi connectivity index (χ0n) is 10.8. The number of anilines is 1. The lowest BCUT2D eigenvalue weighted by molar-refractivity contribution is 0.253. The summed E-state index contributed by atoms with van der Waals surface area (Å²) >= 11 is 3.58. The molecule has 3 heteroatoms. The van der Waals surface area contributed by atoms with Gasteiger partial charge in [-0.05, 0) is 52.7 Å². The third-order valence-corrected chi connectivity index (χ3v) is 4.61. The first-order chi connectivity index (χ1) is 8.08. The van der Waals surface area contributed by atoms with Crippen molar-refractivity contribution in [3.05, 3.63) is 22.3 Å². The second kappa shape index (κ2) is 5.38. The Morgan fingerprint density at radius 1 is 1.35 bits per heavy atom. The summed E-state index contributed by atoms with van der Waals surface area (Å²) in [5.41, 5.74) is 1.19.